The molecule has 128 valence electrons. The summed E-state index contributed by atoms with van der Waals surface area (Å²) in [5.74, 6) is -0.588. The van der Waals surface area contributed by atoms with Crippen molar-refractivity contribution in [3.05, 3.63) is 35.4 Å². The highest BCUT2D eigenvalue weighted by molar-refractivity contribution is 6.36. The monoisotopic (exact) mass is 321 g/mol. The Kier molecular flexibility index (Phi) is 7.75. The van der Waals surface area contributed by atoms with Gasteiger partial charge in [-0.3, -0.25) is 0 Å². The first kappa shape index (κ1) is 19.2. The Balaban J connectivity index is 2.77. The van der Waals surface area contributed by atoms with Crippen LogP contribution in [0.1, 0.15) is 57.8 Å². The number of hydrogen-bond donors (Lipinski definition) is 1. The molecule has 5 heteroatoms. The molecule has 1 rings (SSSR count). The molecule has 0 saturated carbocycles. The third-order valence-corrected chi connectivity index (χ3v) is 3.23. The fourth-order valence-corrected chi connectivity index (χ4v) is 2.17. The maximum Gasteiger partial charge on any atom is 0.356 e. The second-order valence-electron chi connectivity index (χ2n) is 6.12. The number of nitrogens with zero attached hydrogens (tertiary/aromatic N) is 1. The second-order valence-corrected chi connectivity index (χ2v) is 6.12. The van der Waals surface area contributed by atoms with Crippen molar-refractivity contribution in [1.29, 1.82) is 0 Å². The molecular weight excluding hydrogens is 294 g/mol. The number of rotatable bonds is 8. The van der Waals surface area contributed by atoms with E-state index in [1.54, 1.807) is 13.8 Å². The predicted octanol–water partition coefficient (Wildman–Crippen LogP) is 4.02. The van der Waals surface area contributed by atoms with E-state index in [2.05, 4.69) is 5.16 Å². The lowest BCUT2D eigenvalue weighted by atomic mass is 10.0. The van der Waals surface area contributed by atoms with Crippen molar-refractivity contribution >= 4 is 11.7 Å². The van der Waals surface area contributed by atoms with Crippen LogP contribution in [0.25, 0.3) is 0 Å². The van der Waals surface area contributed by atoms with Gasteiger partial charge in [-0.2, -0.15) is 0 Å². The van der Waals surface area contributed by atoms with E-state index in [-0.39, 0.29) is 30.4 Å². The van der Waals surface area contributed by atoms with Gasteiger partial charge in [0.05, 0.1) is 18.3 Å². The standard InChI is InChI=1S/C18H27NO4/c1-12(2)22-17(15-8-6-14(5)7-9-15)11-10-16(19-21)18(20)23-13(3)4/h6-9,12-13,17,21H,10-11H2,1-5H3. The van der Waals surface area contributed by atoms with Crippen LogP contribution in [-0.4, -0.2) is 29.1 Å². The van der Waals surface area contributed by atoms with Gasteiger partial charge in [-0.15, -0.1) is 0 Å². The fourth-order valence-electron chi connectivity index (χ4n) is 2.17. The highest BCUT2D eigenvalue weighted by atomic mass is 16.5. The molecule has 5 nitrogen and oxygen atoms in total. The summed E-state index contributed by atoms with van der Waals surface area (Å²) >= 11 is 0. The van der Waals surface area contributed by atoms with E-state index in [9.17, 15) is 4.79 Å². The van der Waals surface area contributed by atoms with E-state index in [0.717, 1.165) is 5.56 Å². The van der Waals surface area contributed by atoms with Gasteiger partial charge in [0.25, 0.3) is 0 Å². The minimum atomic E-state index is -0.588. The molecule has 0 spiro atoms. The predicted molar refractivity (Wildman–Crippen MR) is 89.8 cm³/mol. The largest absolute Gasteiger partial charge is 0.458 e. The highest BCUT2D eigenvalue weighted by Crippen LogP contribution is 2.25. The highest BCUT2D eigenvalue weighted by Gasteiger charge is 2.20. The zero-order chi connectivity index (χ0) is 17.4. The van der Waals surface area contributed by atoms with Crippen molar-refractivity contribution in [2.24, 2.45) is 5.16 Å². The Labute approximate surface area is 138 Å². The van der Waals surface area contributed by atoms with E-state index in [1.807, 2.05) is 45.0 Å². The molecule has 1 aromatic carbocycles. The molecule has 1 aromatic rings. The van der Waals surface area contributed by atoms with Gasteiger partial charge in [0, 0.05) is 6.42 Å². The van der Waals surface area contributed by atoms with Crippen LogP contribution in [-0.2, 0) is 14.3 Å². The summed E-state index contributed by atoms with van der Waals surface area (Å²) in [6.07, 6.45) is 0.456. The summed E-state index contributed by atoms with van der Waals surface area (Å²) in [5, 5.41) is 12.1. The van der Waals surface area contributed by atoms with Crippen molar-refractivity contribution in [2.75, 3.05) is 0 Å². The number of hydrogen-bond acceptors (Lipinski definition) is 5. The first-order valence-electron chi connectivity index (χ1n) is 7.97. The normalized spacial score (nSPS) is 13.4. The maximum atomic E-state index is 11.8. The molecule has 0 aliphatic heterocycles. The molecule has 0 amide bonds. The molecule has 0 saturated heterocycles. The molecule has 0 bridgehead atoms. The number of carbonyl (C=O) groups is 1. The Morgan fingerprint density at radius 3 is 2.22 bits per heavy atom. The van der Waals surface area contributed by atoms with Crippen LogP contribution in [0.4, 0.5) is 0 Å². The number of aryl methyl sites for hydroxylation is 1. The quantitative estimate of drug-likeness (QED) is 0.340. The van der Waals surface area contributed by atoms with Crippen molar-refractivity contribution in [1.82, 2.24) is 0 Å². The second kappa shape index (κ2) is 9.30. The van der Waals surface area contributed by atoms with E-state index in [0.29, 0.717) is 6.42 Å². The zero-order valence-electron chi connectivity index (χ0n) is 14.6. The molecule has 23 heavy (non-hydrogen) atoms. The zero-order valence-corrected chi connectivity index (χ0v) is 14.6. The lowest BCUT2D eigenvalue weighted by Crippen LogP contribution is -2.22. The number of ether oxygens (including phenoxy) is 2. The van der Waals surface area contributed by atoms with E-state index >= 15 is 0 Å². The van der Waals surface area contributed by atoms with Crippen LogP contribution in [0.5, 0.6) is 0 Å². The average molecular weight is 321 g/mol. The van der Waals surface area contributed by atoms with Gasteiger partial charge >= 0.3 is 5.97 Å². The first-order valence-corrected chi connectivity index (χ1v) is 7.97. The SMILES string of the molecule is Cc1ccc(C(CCC(=NO)C(=O)OC(C)C)OC(C)C)cc1. The molecule has 0 aliphatic rings. The third-order valence-electron chi connectivity index (χ3n) is 3.23. The average Bonchev–Trinajstić information content (AvgIpc) is 2.46. The van der Waals surface area contributed by atoms with Gasteiger partial charge in [-0.1, -0.05) is 35.0 Å². The summed E-state index contributed by atoms with van der Waals surface area (Å²) in [4.78, 5) is 11.8. The van der Waals surface area contributed by atoms with Crippen molar-refractivity contribution in [3.63, 3.8) is 0 Å². The summed E-state index contributed by atoms with van der Waals surface area (Å²) in [7, 11) is 0. The topological polar surface area (TPSA) is 68.1 Å². The van der Waals surface area contributed by atoms with E-state index < -0.39 is 5.97 Å². The van der Waals surface area contributed by atoms with Gasteiger partial charge in [-0.05, 0) is 46.6 Å². The van der Waals surface area contributed by atoms with Crippen LogP contribution in [0, 0.1) is 6.92 Å². The molecule has 0 aromatic heterocycles. The Hall–Kier alpha value is -1.88. The van der Waals surface area contributed by atoms with Crippen LogP contribution in [0.2, 0.25) is 0 Å². The van der Waals surface area contributed by atoms with Gasteiger partial charge in [0.15, 0.2) is 5.71 Å². The molecule has 1 unspecified atom stereocenters. The molecule has 1 atom stereocenters. The van der Waals surface area contributed by atoms with Gasteiger partial charge < -0.3 is 14.7 Å². The molecule has 0 aliphatic carbocycles. The van der Waals surface area contributed by atoms with Gasteiger partial charge in [0.2, 0.25) is 0 Å². The summed E-state index contributed by atoms with van der Waals surface area (Å²) < 4.78 is 11.0. The number of benzene rings is 1. The van der Waals surface area contributed by atoms with Gasteiger partial charge in [-0.25, -0.2) is 4.79 Å². The Bertz CT molecular complexity index is 520. The minimum absolute atomic E-state index is 0.0168. The maximum absolute atomic E-state index is 11.8. The minimum Gasteiger partial charge on any atom is -0.458 e. The summed E-state index contributed by atoms with van der Waals surface area (Å²) in [6, 6.07) is 8.09. The van der Waals surface area contributed by atoms with E-state index in [1.165, 1.54) is 5.56 Å². The van der Waals surface area contributed by atoms with Crippen LogP contribution in [0.3, 0.4) is 0 Å². The third kappa shape index (κ3) is 6.82. The van der Waals surface area contributed by atoms with Crippen LogP contribution >= 0.6 is 0 Å². The van der Waals surface area contributed by atoms with E-state index in [4.69, 9.17) is 14.7 Å². The lowest BCUT2D eigenvalue weighted by Gasteiger charge is -2.21. The Morgan fingerprint density at radius 1 is 1.13 bits per heavy atom. The molecule has 0 heterocycles. The molecule has 0 fully saturated rings. The Morgan fingerprint density at radius 2 is 1.74 bits per heavy atom. The van der Waals surface area contributed by atoms with Crippen LogP contribution < -0.4 is 0 Å². The van der Waals surface area contributed by atoms with Crippen LogP contribution in [0.15, 0.2) is 29.4 Å². The first-order chi connectivity index (χ1) is 10.8. The summed E-state index contributed by atoms with van der Waals surface area (Å²) in [5.41, 5.74) is 2.23. The van der Waals surface area contributed by atoms with Gasteiger partial charge in [0.1, 0.15) is 0 Å². The lowest BCUT2D eigenvalue weighted by molar-refractivity contribution is -0.139. The number of esters is 1. The summed E-state index contributed by atoms with van der Waals surface area (Å²) in [6.45, 7) is 9.47. The number of oxime groups is 1. The molecule has 1 N–H and O–H groups in total. The molecular formula is C18H27NO4. The van der Waals surface area contributed by atoms with Crippen molar-refractivity contribution in [3.8, 4) is 0 Å². The number of carbonyl (C=O) groups excluding carboxylic acids is 1. The fraction of sp³-hybridized carbons (Fsp3) is 0.556. The smallest absolute Gasteiger partial charge is 0.356 e. The van der Waals surface area contributed by atoms with Crippen molar-refractivity contribution < 1.29 is 19.5 Å². The molecule has 0 radical (unpaired) electrons. The van der Waals surface area contributed by atoms with Crippen molar-refractivity contribution in [2.45, 2.75) is 65.8 Å².